The zero-order valence-corrected chi connectivity index (χ0v) is 11.0. The molecule has 1 aliphatic heterocycles. The van der Waals surface area contributed by atoms with Crippen molar-refractivity contribution in [2.75, 3.05) is 25.1 Å². The molecule has 1 saturated heterocycles. The third-order valence-electron chi connectivity index (χ3n) is 3.01. The van der Waals surface area contributed by atoms with Crippen molar-refractivity contribution in [1.29, 1.82) is 0 Å². The molecule has 2 heterocycles. The molecular formula is C11H15F3N4O3. The summed E-state index contributed by atoms with van der Waals surface area (Å²) in [6.45, 7) is -0.922. The number of aliphatic hydroxyl groups excluding tert-OH is 1. The highest BCUT2D eigenvalue weighted by atomic mass is 19.4. The number of nitrogens with zero attached hydrogens (tertiary/aromatic N) is 2. The predicted molar refractivity (Wildman–Crippen MR) is 65.7 cm³/mol. The second kappa shape index (κ2) is 5.90. The summed E-state index contributed by atoms with van der Waals surface area (Å²) in [7, 11) is 0. The van der Waals surface area contributed by atoms with Crippen molar-refractivity contribution in [3.8, 4) is 0 Å². The average molecular weight is 308 g/mol. The summed E-state index contributed by atoms with van der Waals surface area (Å²) in [5.74, 6) is -0.0104. The van der Waals surface area contributed by atoms with Gasteiger partial charge in [-0.3, -0.25) is 10.00 Å². The normalized spacial score (nSPS) is 22.3. The lowest BCUT2D eigenvalue weighted by molar-refractivity contribution is -0.142. The maximum Gasteiger partial charge on any atom is 0.408 e. The zero-order valence-electron chi connectivity index (χ0n) is 11.0. The molecule has 0 spiro atoms. The summed E-state index contributed by atoms with van der Waals surface area (Å²) >= 11 is 0. The van der Waals surface area contributed by atoms with Crippen LogP contribution >= 0.6 is 0 Å². The van der Waals surface area contributed by atoms with Crippen molar-refractivity contribution < 1.29 is 27.8 Å². The van der Waals surface area contributed by atoms with E-state index in [4.69, 9.17) is 4.74 Å². The first-order valence-corrected chi connectivity index (χ1v) is 6.20. The van der Waals surface area contributed by atoms with Gasteiger partial charge in [-0.05, 0) is 6.42 Å². The second-order valence-corrected chi connectivity index (χ2v) is 4.83. The maximum absolute atomic E-state index is 12.2. The summed E-state index contributed by atoms with van der Waals surface area (Å²) in [6, 6.07) is 0.592. The SMILES string of the molecule is O=C(Nc1ccn(CC(F)(F)F)n1)NC1(CO)CCOC1. The molecule has 118 valence electrons. The third kappa shape index (κ3) is 4.33. The molecule has 1 unspecified atom stereocenters. The average Bonchev–Trinajstić information content (AvgIpc) is 2.98. The van der Waals surface area contributed by atoms with Crippen LogP contribution in [-0.4, -0.2) is 52.5 Å². The first-order chi connectivity index (χ1) is 9.82. The summed E-state index contributed by atoms with van der Waals surface area (Å²) in [5.41, 5.74) is -0.862. The fourth-order valence-corrected chi connectivity index (χ4v) is 1.96. The van der Waals surface area contributed by atoms with Crippen molar-refractivity contribution in [2.24, 2.45) is 0 Å². The van der Waals surface area contributed by atoms with Crippen LogP contribution in [0, 0.1) is 0 Å². The molecule has 0 bridgehead atoms. The lowest BCUT2D eigenvalue weighted by atomic mass is 10.0. The van der Waals surface area contributed by atoms with Crippen molar-refractivity contribution in [2.45, 2.75) is 24.7 Å². The Morgan fingerprint density at radius 2 is 2.33 bits per heavy atom. The monoisotopic (exact) mass is 308 g/mol. The van der Waals surface area contributed by atoms with E-state index >= 15 is 0 Å². The van der Waals surface area contributed by atoms with Crippen LogP contribution < -0.4 is 10.6 Å². The zero-order chi connectivity index (χ0) is 15.5. The number of aromatic nitrogens is 2. The number of ether oxygens (including phenoxy) is 1. The number of hydrogen-bond donors (Lipinski definition) is 3. The Kier molecular flexibility index (Phi) is 4.37. The van der Waals surface area contributed by atoms with Crippen LogP contribution in [0.2, 0.25) is 0 Å². The van der Waals surface area contributed by atoms with E-state index in [1.807, 2.05) is 0 Å². The van der Waals surface area contributed by atoms with Crippen LogP contribution in [0.15, 0.2) is 12.3 Å². The van der Waals surface area contributed by atoms with E-state index < -0.39 is 24.3 Å². The molecule has 0 radical (unpaired) electrons. The van der Waals surface area contributed by atoms with Gasteiger partial charge in [0, 0.05) is 18.9 Å². The smallest absolute Gasteiger partial charge is 0.394 e. The molecular weight excluding hydrogens is 293 g/mol. The Morgan fingerprint density at radius 3 is 2.90 bits per heavy atom. The summed E-state index contributed by atoms with van der Waals surface area (Å²) in [4.78, 5) is 11.8. The van der Waals surface area contributed by atoms with Crippen LogP contribution in [0.4, 0.5) is 23.8 Å². The molecule has 2 amide bonds. The van der Waals surface area contributed by atoms with Gasteiger partial charge >= 0.3 is 12.2 Å². The number of carbonyl (C=O) groups excluding carboxylic acids is 1. The van der Waals surface area contributed by atoms with Crippen LogP contribution in [0.1, 0.15) is 6.42 Å². The fraction of sp³-hybridized carbons (Fsp3) is 0.636. The molecule has 0 aliphatic carbocycles. The molecule has 2 rings (SSSR count). The first kappa shape index (κ1) is 15.6. The van der Waals surface area contributed by atoms with E-state index in [0.29, 0.717) is 17.7 Å². The number of amides is 2. The van der Waals surface area contributed by atoms with E-state index in [1.165, 1.54) is 6.07 Å². The lowest BCUT2D eigenvalue weighted by Crippen LogP contribution is -2.53. The molecule has 1 fully saturated rings. The summed E-state index contributed by atoms with van der Waals surface area (Å²) in [5, 5.41) is 17.8. The number of hydrogen-bond acceptors (Lipinski definition) is 4. The highest BCUT2D eigenvalue weighted by Gasteiger charge is 2.36. The molecule has 1 aromatic rings. The van der Waals surface area contributed by atoms with Crippen LogP contribution in [0.5, 0.6) is 0 Å². The topological polar surface area (TPSA) is 88.4 Å². The maximum atomic E-state index is 12.2. The van der Waals surface area contributed by atoms with E-state index in [-0.39, 0.29) is 19.0 Å². The molecule has 0 aromatic carbocycles. The highest BCUT2D eigenvalue weighted by molar-refractivity contribution is 5.88. The van der Waals surface area contributed by atoms with Gasteiger partial charge in [-0.25, -0.2) is 4.79 Å². The number of alkyl halides is 3. The van der Waals surface area contributed by atoms with Crippen molar-refractivity contribution in [3.05, 3.63) is 12.3 Å². The minimum Gasteiger partial charge on any atom is -0.394 e. The molecule has 21 heavy (non-hydrogen) atoms. The Labute approximate surface area is 118 Å². The van der Waals surface area contributed by atoms with Crippen molar-refractivity contribution in [1.82, 2.24) is 15.1 Å². The Bertz CT molecular complexity index is 497. The highest BCUT2D eigenvalue weighted by Crippen LogP contribution is 2.19. The largest absolute Gasteiger partial charge is 0.408 e. The first-order valence-electron chi connectivity index (χ1n) is 6.20. The molecule has 1 aliphatic rings. The van der Waals surface area contributed by atoms with Crippen LogP contribution in [0.25, 0.3) is 0 Å². The molecule has 0 saturated carbocycles. The fourth-order valence-electron chi connectivity index (χ4n) is 1.96. The molecule has 3 N–H and O–H groups in total. The van der Waals surface area contributed by atoms with Crippen LogP contribution in [0.3, 0.4) is 0 Å². The van der Waals surface area contributed by atoms with Gasteiger partial charge in [-0.15, -0.1) is 0 Å². The minimum atomic E-state index is -4.38. The molecule has 1 aromatic heterocycles. The van der Waals surface area contributed by atoms with Gasteiger partial charge in [0.05, 0.1) is 18.8 Å². The van der Waals surface area contributed by atoms with Gasteiger partial charge in [-0.2, -0.15) is 18.3 Å². The van der Waals surface area contributed by atoms with Crippen LogP contribution in [-0.2, 0) is 11.3 Å². The van der Waals surface area contributed by atoms with Gasteiger partial charge < -0.3 is 15.2 Å². The standard InChI is InChI=1S/C11H15F3N4O3/c12-11(13,14)5-18-3-1-8(17-18)15-9(20)16-10(6-19)2-4-21-7-10/h1,3,19H,2,4-7H2,(H2,15,16,17,20). The summed E-state index contributed by atoms with van der Waals surface area (Å²) in [6.07, 6.45) is -2.81. The number of urea groups is 1. The number of carbonyl (C=O) groups is 1. The van der Waals surface area contributed by atoms with Gasteiger partial charge in [0.1, 0.15) is 6.54 Å². The quantitative estimate of drug-likeness (QED) is 0.764. The summed E-state index contributed by atoms with van der Waals surface area (Å²) < 4.78 is 42.3. The van der Waals surface area contributed by atoms with E-state index in [1.54, 1.807) is 0 Å². The molecule has 1 atom stereocenters. The number of anilines is 1. The Balaban J connectivity index is 1.91. The van der Waals surface area contributed by atoms with Gasteiger partial charge in [0.15, 0.2) is 5.82 Å². The second-order valence-electron chi connectivity index (χ2n) is 4.83. The number of aliphatic hydroxyl groups is 1. The van der Waals surface area contributed by atoms with Gasteiger partial charge in [0.2, 0.25) is 0 Å². The van der Waals surface area contributed by atoms with E-state index in [2.05, 4.69) is 15.7 Å². The number of halogens is 3. The van der Waals surface area contributed by atoms with Gasteiger partial charge in [-0.1, -0.05) is 0 Å². The number of nitrogens with one attached hydrogen (secondary N) is 2. The minimum absolute atomic E-state index is 0.0104. The van der Waals surface area contributed by atoms with E-state index in [0.717, 1.165) is 6.20 Å². The lowest BCUT2D eigenvalue weighted by Gasteiger charge is -2.25. The van der Waals surface area contributed by atoms with Gasteiger partial charge in [0.25, 0.3) is 0 Å². The predicted octanol–water partition coefficient (Wildman–Crippen LogP) is 0.718. The van der Waals surface area contributed by atoms with Crippen molar-refractivity contribution >= 4 is 11.8 Å². The Morgan fingerprint density at radius 1 is 1.57 bits per heavy atom. The number of rotatable bonds is 4. The Hall–Kier alpha value is -1.81. The van der Waals surface area contributed by atoms with E-state index in [9.17, 15) is 23.1 Å². The van der Waals surface area contributed by atoms with Crippen molar-refractivity contribution in [3.63, 3.8) is 0 Å². The molecule has 7 nitrogen and oxygen atoms in total. The molecule has 10 heteroatoms. The third-order valence-corrected chi connectivity index (χ3v) is 3.01.